The van der Waals surface area contributed by atoms with Crippen LogP contribution in [0.1, 0.15) is 33.9 Å². The lowest BCUT2D eigenvalue weighted by atomic mass is 9.96. The Morgan fingerprint density at radius 2 is 1.78 bits per heavy atom. The van der Waals surface area contributed by atoms with Gasteiger partial charge in [0.05, 0.1) is 0 Å². The molecule has 0 aliphatic carbocycles. The second kappa shape index (κ2) is 5.32. The maximum atomic E-state index is 6.29. The van der Waals surface area contributed by atoms with Crippen molar-refractivity contribution in [2.24, 2.45) is 5.73 Å². The zero-order chi connectivity index (χ0) is 13.1. The highest BCUT2D eigenvalue weighted by atomic mass is 14.7. The summed E-state index contributed by atoms with van der Waals surface area (Å²) < 4.78 is 0. The van der Waals surface area contributed by atoms with E-state index in [-0.39, 0.29) is 6.04 Å². The first-order valence-electron chi connectivity index (χ1n) is 6.29. The Labute approximate surface area is 109 Å². The van der Waals surface area contributed by atoms with Gasteiger partial charge in [-0.05, 0) is 49.9 Å². The van der Waals surface area contributed by atoms with Gasteiger partial charge in [0.25, 0.3) is 0 Å². The number of hydrogen-bond acceptors (Lipinski definition) is 2. The van der Waals surface area contributed by atoms with Crippen molar-refractivity contribution in [2.75, 3.05) is 0 Å². The van der Waals surface area contributed by atoms with E-state index in [1.807, 2.05) is 18.5 Å². The van der Waals surface area contributed by atoms with E-state index in [1.54, 1.807) is 0 Å². The molecule has 0 aliphatic heterocycles. The fraction of sp³-hybridized carbons (Fsp3) is 0.312. The summed E-state index contributed by atoms with van der Waals surface area (Å²) in [6.07, 6.45) is 4.54. The van der Waals surface area contributed by atoms with Gasteiger partial charge in [0.2, 0.25) is 0 Å². The third kappa shape index (κ3) is 2.96. The molecule has 2 N–H and O–H groups in total. The van der Waals surface area contributed by atoms with Crippen LogP contribution in [0.15, 0.2) is 36.7 Å². The molecule has 1 aromatic heterocycles. The second-order valence-electron chi connectivity index (χ2n) is 5.04. The molecular formula is C16H20N2. The van der Waals surface area contributed by atoms with Gasteiger partial charge in [-0.25, -0.2) is 0 Å². The number of hydrogen-bond donors (Lipinski definition) is 1. The molecule has 2 heteroatoms. The maximum absolute atomic E-state index is 6.29. The molecular weight excluding hydrogens is 220 g/mol. The highest BCUT2D eigenvalue weighted by Gasteiger charge is 2.10. The molecule has 0 radical (unpaired) electrons. The minimum atomic E-state index is 0.0138. The molecule has 0 saturated carbocycles. The molecule has 0 saturated heterocycles. The fourth-order valence-electron chi connectivity index (χ4n) is 2.42. The number of rotatable bonds is 3. The van der Waals surface area contributed by atoms with Crippen LogP contribution in [-0.4, -0.2) is 4.98 Å². The lowest BCUT2D eigenvalue weighted by molar-refractivity contribution is 0.711. The number of pyridine rings is 1. The van der Waals surface area contributed by atoms with E-state index in [1.165, 1.54) is 22.3 Å². The van der Waals surface area contributed by atoms with Crippen molar-refractivity contribution in [3.63, 3.8) is 0 Å². The molecule has 94 valence electrons. The van der Waals surface area contributed by atoms with Gasteiger partial charge in [-0.15, -0.1) is 0 Å². The van der Waals surface area contributed by atoms with E-state index in [2.05, 4.69) is 44.0 Å². The normalized spacial score (nSPS) is 12.4. The quantitative estimate of drug-likeness (QED) is 0.894. The van der Waals surface area contributed by atoms with E-state index in [0.29, 0.717) is 0 Å². The molecule has 0 bridgehead atoms. The molecule has 0 fully saturated rings. The summed E-state index contributed by atoms with van der Waals surface area (Å²) in [5.41, 5.74) is 12.5. The van der Waals surface area contributed by atoms with E-state index in [4.69, 9.17) is 5.73 Å². The minimum Gasteiger partial charge on any atom is -0.324 e. The van der Waals surface area contributed by atoms with Crippen LogP contribution in [0, 0.1) is 20.8 Å². The number of benzene rings is 1. The minimum absolute atomic E-state index is 0.0138. The van der Waals surface area contributed by atoms with Crippen LogP contribution in [0.5, 0.6) is 0 Å². The second-order valence-corrected chi connectivity index (χ2v) is 5.04. The standard InChI is InChI=1S/C16H20N2/c1-11-6-12(2)8-14(7-11)9-16(17)15-10-18-5-4-13(15)3/h4-8,10,16H,9,17H2,1-3H3. The topological polar surface area (TPSA) is 38.9 Å². The van der Waals surface area contributed by atoms with Crippen molar-refractivity contribution in [1.29, 1.82) is 0 Å². The van der Waals surface area contributed by atoms with Gasteiger partial charge >= 0.3 is 0 Å². The van der Waals surface area contributed by atoms with Gasteiger partial charge in [-0.3, -0.25) is 4.98 Å². The highest BCUT2D eigenvalue weighted by molar-refractivity contribution is 5.32. The molecule has 2 aromatic rings. The Morgan fingerprint density at radius 3 is 2.39 bits per heavy atom. The molecule has 2 rings (SSSR count). The van der Waals surface area contributed by atoms with Gasteiger partial charge in [0.15, 0.2) is 0 Å². The van der Waals surface area contributed by atoms with Crippen molar-refractivity contribution >= 4 is 0 Å². The molecule has 1 aromatic carbocycles. The Balaban J connectivity index is 2.21. The SMILES string of the molecule is Cc1cc(C)cc(CC(N)c2cnccc2C)c1. The zero-order valence-electron chi connectivity index (χ0n) is 11.3. The number of nitrogens with zero attached hydrogens (tertiary/aromatic N) is 1. The molecule has 0 aliphatic rings. The Morgan fingerprint density at radius 1 is 1.11 bits per heavy atom. The molecule has 1 heterocycles. The Bertz CT molecular complexity index is 526. The van der Waals surface area contributed by atoms with Gasteiger partial charge in [-0.1, -0.05) is 29.3 Å². The molecule has 0 spiro atoms. The zero-order valence-corrected chi connectivity index (χ0v) is 11.3. The van der Waals surface area contributed by atoms with Gasteiger partial charge in [0.1, 0.15) is 0 Å². The summed E-state index contributed by atoms with van der Waals surface area (Å²) >= 11 is 0. The van der Waals surface area contributed by atoms with Crippen LogP contribution in [0.3, 0.4) is 0 Å². The van der Waals surface area contributed by atoms with Crippen molar-refractivity contribution in [3.05, 3.63) is 64.5 Å². The van der Waals surface area contributed by atoms with Crippen molar-refractivity contribution < 1.29 is 0 Å². The van der Waals surface area contributed by atoms with E-state index in [0.717, 1.165) is 12.0 Å². The molecule has 18 heavy (non-hydrogen) atoms. The average molecular weight is 240 g/mol. The van der Waals surface area contributed by atoms with E-state index >= 15 is 0 Å². The number of nitrogens with two attached hydrogens (primary N) is 1. The average Bonchev–Trinajstić information content (AvgIpc) is 2.27. The lowest BCUT2D eigenvalue weighted by Gasteiger charge is -2.15. The summed E-state index contributed by atoms with van der Waals surface area (Å²) in [5.74, 6) is 0. The van der Waals surface area contributed by atoms with Crippen LogP contribution in [0.25, 0.3) is 0 Å². The fourth-order valence-corrected chi connectivity index (χ4v) is 2.42. The van der Waals surface area contributed by atoms with Gasteiger partial charge in [0, 0.05) is 18.4 Å². The van der Waals surface area contributed by atoms with Crippen LogP contribution < -0.4 is 5.73 Å². The first-order valence-corrected chi connectivity index (χ1v) is 6.29. The van der Waals surface area contributed by atoms with Crippen LogP contribution in [0.2, 0.25) is 0 Å². The highest BCUT2D eigenvalue weighted by Crippen LogP contribution is 2.20. The molecule has 1 unspecified atom stereocenters. The summed E-state index contributed by atoms with van der Waals surface area (Å²) in [5, 5.41) is 0. The monoisotopic (exact) mass is 240 g/mol. The van der Waals surface area contributed by atoms with E-state index < -0.39 is 0 Å². The first-order chi connectivity index (χ1) is 8.56. The largest absolute Gasteiger partial charge is 0.324 e. The summed E-state index contributed by atoms with van der Waals surface area (Å²) in [7, 11) is 0. The van der Waals surface area contributed by atoms with E-state index in [9.17, 15) is 0 Å². The lowest BCUT2D eigenvalue weighted by Crippen LogP contribution is -2.15. The Hall–Kier alpha value is -1.67. The predicted molar refractivity (Wildman–Crippen MR) is 75.5 cm³/mol. The summed E-state index contributed by atoms with van der Waals surface area (Å²) in [6.45, 7) is 6.33. The van der Waals surface area contributed by atoms with Crippen molar-refractivity contribution in [2.45, 2.75) is 33.2 Å². The predicted octanol–water partition coefficient (Wildman–Crippen LogP) is 3.25. The number of aryl methyl sites for hydroxylation is 3. The van der Waals surface area contributed by atoms with Crippen LogP contribution in [-0.2, 0) is 6.42 Å². The molecule has 1 atom stereocenters. The number of aromatic nitrogens is 1. The maximum Gasteiger partial charge on any atom is 0.0353 e. The van der Waals surface area contributed by atoms with Gasteiger partial charge < -0.3 is 5.73 Å². The summed E-state index contributed by atoms with van der Waals surface area (Å²) in [6, 6.07) is 8.62. The van der Waals surface area contributed by atoms with Crippen LogP contribution >= 0.6 is 0 Å². The third-order valence-electron chi connectivity index (χ3n) is 3.22. The molecule has 0 amide bonds. The third-order valence-corrected chi connectivity index (χ3v) is 3.22. The first kappa shape index (κ1) is 12.8. The Kier molecular flexibility index (Phi) is 3.78. The van der Waals surface area contributed by atoms with Crippen molar-refractivity contribution in [1.82, 2.24) is 4.98 Å². The molecule has 2 nitrogen and oxygen atoms in total. The van der Waals surface area contributed by atoms with Crippen LogP contribution in [0.4, 0.5) is 0 Å². The smallest absolute Gasteiger partial charge is 0.0353 e. The van der Waals surface area contributed by atoms with Gasteiger partial charge in [-0.2, -0.15) is 0 Å². The van der Waals surface area contributed by atoms with Crippen molar-refractivity contribution in [3.8, 4) is 0 Å². The summed E-state index contributed by atoms with van der Waals surface area (Å²) in [4.78, 5) is 4.16.